The van der Waals surface area contributed by atoms with Gasteiger partial charge in [0.1, 0.15) is 5.75 Å². The molecular weight excluding hydrogens is 369 g/mol. The Morgan fingerprint density at radius 3 is 2.62 bits per heavy atom. The lowest BCUT2D eigenvalue weighted by molar-refractivity contribution is 0.224. The third kappa shape index (κ3) is 3.70. The number of rotatable bonds is 4. The highest BCUT2D eigenvalue weighted by atomic mass is 35.5. The minimum absolute atomic E-state index is 0. The van der Waals surface area contributed by atoms with Crippen LogP contribution in [0.5, 0.6) is 5.75 Å². The van der Waals surface area contributed by atoms with Gasteiger partial charge < -0.3 is 4.74 Å². The van der Waals surface area contributed by atoms with E-state index in [9.17, 15) is 0 Å². The molecule has 1 aromatic carbocycles. The van der Waals surface area contributed by atoms with E-state index in [1.807, 2.05) is 12.3 Å². The van der Waals surface area contributed by atoms with E-state index < -0.39 is 0 Å². The molecule has 0 aliphatic carbocycles. The number of ether oxygens (including phenoxy) is 1. The van der Waals surface area contributed by atoms with E-state index in [-0.39, 0.29) is 12.4 Å². The molecule has 2 saturated heterocycles. The molecular formula is C20H25Cl2N3O. The normalized spacial score (nSPS) is 25.7. The van der Waals surface area contributed by atoms with Gasteiger partial charge in [0.05, 0.1) is 12.1 Å². The predicted molar refractivity (Wildman–Crippen MR) is 107 cm³/mol. The van der Waals surface area contributed by atoms with Crippen LogP contribution in [0.2, 0.25) is 5.02 Å². The van der Waals surface area contributed by atoms with Crippen LogP contribution in [0.1, 0.15) is 17.2 Å². The average Bonchev–Trinajstić information content (AvgIpc) is 3.13. The maximum atomic E-state index is 6.29. The Balaban J connectivity index is 0.00000196. The third-order valence-electron chi connectivity index (χ3n) is 5.68. The monoisotopic (exact) mass is 393 g/mol. The number of halogens is 2. The van der Waals surface area contributed by atoms with Gasteiger partial charge in [-0.1, -0.05) is 23.7 Å². The zero-order chi connectivity index (χ0) is 17.4. The summed E-state index contributed by atoms with van der Waals surface area (Å²) >= 11 is 6.29. The Bertz CT molecular complexity index is 740. The van der Waals surface area contributed by atoms with Crippen molar-refractivity contribution in [2.24, 2.45) is 11.8 Å². The summed E-state index contributed by atoms with van der Waals surface area (Å²) in [6, 6.07) is 11.1. The highest BCUT2D eigenvalue weighted by Gasteiger charge is 2.45. The molecule has 4 rings (SSSR count). The SMILES string of the molecule is COc1ccc([C@@H]2[C@@H]3CN(Cc4ccncc4Cl)C[C@@H]3CN2C)cc1.Cl. The van der Waals surface area contributed by atoms with Crippen LogP contribution >= 0.6 is 24.0 Å². The summed E-state index contributed by atoms with van der Waals surface area (Å²) < 4.78 is 5.30. The maximum Gasteiger partial charge on any atom is 0.118 e. The number of likely N-dealkylation sites (tertiary alicyclic amines) is 2. The number of fused-ring (bicyclic) bond motifs is 1. The summed E-state index contributed by atoms with van der Waals surface area (Å²) in [6.07, 6.45) is 3.56. The maximum absolute atomic E-state index is 6.29. The number of benzene rings is 1. The summed E-state index contributed by atoms with van der Waals surface area (Å²) in [4.78, 5) is 9.13. The molecule has 1 aromatic heterocycles. The second-order valence-corrected chi connectivity index (χ2v) is 7.65. The van der Waals surface area contributed by atoms with Gasteiger partial charge in [-0.05, 0) is 48.2 Å². The van der Waals surface area contributed by atoms with Crippen molar-refractivity contribution < 1.29 is 4.74 Å². The van der Waals surface area contributed by atoms with E-state index in [4.69, 9.17) is 16.3 Å². The Morgan fingerprint density at radius 2 is 1.92 bits per heavy atom. The van der Waals surface area contributed by atoms with Gasteiger partial charge in [0, 0.05) is 44.6 Å². The topological polar surface area (TPSA) is 28.6 Å². The summed E-state index contributed by atoms with van der Waals surface area (Å²) in [5.41, 5.74) is 2.56. The second-order valence-electron chi connectivity index (χ2n) is 7.24. The van der Waals surface area contributed by atoms with Crippen molar-refractivity contribution in [3.05, 3.63) is 58.9 Å². The first-order chi connectivity index (χ1) is 12.2. The van der Waals surface area contributed by atoms with Crippen LogP contribution in [0.3, 0.4) is 0 Å². The van der Waals surface area contributed by atoms with Crippen LogP contribution in [0.25, 0.3) is 0 Å². The fourth-order valence-electron chi connectivity index (χ4n) is 4.55. The summed E-state index contributed by atoms with van der Waals surface area (Å²) in [5, 5.41) is 0.767. The fourth-order valence-corrected chi connectivity index (χ4v) is 4.73. The molecule has 0 N–H and O–H groups in total. The Labute approximate surface area is 166 Å². The van der Waals surface area contributed by atoms with Crippen molar-refractivity contribution in [2.75, 3.05) is 33.8 Å². The molecule has 4 nitrogen and oxygen atoms in total. The van der Waals surface area contributed by atoms with Gasteiger partial charge in [-0.2, -0.15) is 0 Å². The second kappa shape index (κ2) is 8.13. The highest BCUT2D eigenvalue weighted by Crippen LogP contribution is 2.44. The van der Waals surface area contributed by atoms with Crippen molar-refractivity contribution >= 4 is 24.0 Å². The van der Waals surface area contributed by atoms with Crippen molar-refractivity contribution in [1.29, 1.82) is 0 Å². The zero-order valence-corrected chi connectivity index (χ0v) is 16.7. The molecule has 0 unspecified atom stereocenters. The van der Waals surface area contributed by atoms with Crippen LogP contribution in [0, 0.1) is 11.8 Å². The van der Waals surface area contributed by atoms with E-state index in [1.54, 1.807) is 13.3 Å². The molecule has 2 fully saturated rings. The lowest BCUT2D eigenvalue weighted by Gasteiger charge is -2.27. The first kappa shape index (κ1) is 19.4. The first-order valence-corrected chi connectivity index (χ1v) is 9.18. The predicted octanol–water partition coefficient (Wildman–Crippen LogP) is 3.90. The van der Waals surface area contributed by atoms with E-state index in [0.717, 1.165) is 42.9 Å². The molecule has 3 atom stereocenters. The third-order valence-corrected chi connectivity index (χ3v) is 6.02. The van der Waals surface area contributed by atoms with Crippen LogP contribution in [0.4, 0.5) is 0 Å². The smallest absolute Gasteiger partial charge is 0.118 e. The van der Waals surface area contributed by atoms with E-state index >= 15 is 0 Å². The van der Waals surface area contributed by atoms with Crippen LogP contribution < -0.4 is 4.74 Å². The van der Waals surface area contributed by atoms with E-state index in [2.05, 4.69) is 46.1 Å². The van der Waals surface area contributed by atoms with Gasteiger partial charge in [0.25, 0.3) is 0 Å². The van der Waals surface area contributed by atoms with Crippen LogP contribution in [-0.2, 0) is 6.54 Å². The Morgan fingerprint density at radius 1 is 1.15 bits per heavy atom. The first-order valence-electron chi connectivity index (χ1n) is 8.80. The van der Waals surface area contributed by atoms with Gasteiger partial charge in [-0.25, -0.2) is 0 Å². The molecule has 3 heterocycles. The molecule has 2 aliphatic heterocycles. The van der Waals surface area contributed by atoms with Gasteiger partial charge >= 0.3 is 0 Å². The fraction of sp³-hybridized carbons (Fsp3) is 0.450. The molecule has 0 bridgehead atoms. The average molecular weight is 394 g/mol. The minimum Gasteiger partial charge on any atom is -0.497 e. The molecule has 6 heteroatoms. The number of aromatic nitrogens is 1. The summed E-state index contributed by atoms with van der Waals surface area (Å²) in [5.74, 6) is 2.30. The number of hydrogen-bond donors (Lipinski definition) is 0. The lowest BCUT2D eigenvalue weighted by Crippen LogP contribution is -2.29. The Hall–Kier alpha value is -1.33. The standard InChI is InChI=1S/C20H24ClN3O.ClH/c1-23-10-16-12-24(11-15-7-8-22-9-19(15)21)13-18(16)20(23)14-3-5-17(25-2)6-4-14;/h3-9,16,18,20H,10-13H2,1-2H3;1H/t16-,18+,20+;/m0./s1. The number of hydrogen-bond acceptors (Lipinski definition) is 4. The van der Waals surface area contributed by atoms with Crippen molar-refractivity contribution in [3.8, 4) is 5.75 Å². The number of nitrogens with zero attached hydrogens (tertiary/aromatic N) is 3. The molecule has 140 valence electrons. The number of pyridine rings is 1. The Kier molecular flexibility index (Phi) is 6.08. The minimum atomic E-state index is 0. The van der Waals surface area contributed by atoms with Crippen molar-refractivity contribution in [3.63, 3.8) is 0 Å². The largest absolute Gasteiger partial charge is 0.497 e. The van der Waals surface area contributed by atoms with Gasteiger partial charge in [-0.15, -0.1) is 12.4 Å². The van der Waals surface area contributed by atoms with E-state index in [0.29, 0.717) is 12.0 Å². The van der Waals surface area contributed by atoms with Gasteiger partial charge in [0.2, 0.25) is 0 Å². The highest BCUT2D eigenvalue weighted by molar-refractivity contribution is 6.31. The molecule has 26 heavy (non-hydrogen) atoms. The van der Waals surface area contributed by atoms with Crippen LogP contribution in [0.15, 0.2) is 42.7 Å². The summed E-state index contributed by atoms with van der Waals surface area (Å²) in [7, 11) is 3.96. The molecule has 2 aromatic rings. The molecule has 0 saturated carbocycles. The van der Waals surface area contributed by atoms with Gasteiger partial charge in [-0.3, -0.25) is 14.8 Å². The quantitative estimate of drug-likeness (QED) is 0.787. The van der Waals surface area contributed by atoms with Crippen molar-refractivity contribution in [2.45, 2.75) is 12.6 Å². The van der Waals surface area contributed by atoms with Crippen molar-refractivity contribution in [1.82, 2.24) is 14.8 Å². The molecule has 0 amide bonds. The molecule has 0 radical (unpaired) electrons. The molecule has 2 aliphatic rings. The molecule has 0 spiro atoms. The lowest BCUT2D eigenvalue weighted by atomic mass is 9.89. The van der Waals surface area contributed by atoms with E-state index in [1.165, 1.54) is 11.1 Å². The number of methoxy groups -OCH3 is 1. The van der Waals surface area contributed by atoms with Gasteiger partial charge in [0.15, 0.2) is 0 Å². The summed E-state index contributed by atoms with van der Waals surface area (Å²) in [6.45, 7) is 4.32. The zero-order valence-electron chi connectivity index (χ0n) is 15.1. The van der Waals surface area contributed by atoms with Crippen LogP contribution in [-0.4, -0.2) is 48.6 Å².